The molecule has 0 saturated heterocycles. The number of aryl methyl sites for hydroxylation is 1. The van der Waals surface area contributed by atoms with Gasteiger partial charge in [0.05, 0.1) is 24.7 Å². The summed E-state index contributed by atoms with van der Waals surface area (Å²) >= 11 is 0. The smallest absolute Gasteiger partial charge is 0.237 e. The van der Waals surface area contributed by atoms with Crippen molar-refractivity contribution in [3.63, 3.8) is 0 Å². The van der Waals surface area contributed by atoms with E-state index in [0.717, 1.165) is 30.5 Å². The van der Waals surface area contributed by atoms with Crippen LogP contribution < -0.4 is 16.8 Å². The Labute approximate surface area is 111 Å². The molecule has 7 heteroatoms. The number of nitrogens with two attached hydrogens (primary N) is 2. The van der Waals surface area contributed by atoms with Gasteiger partial charge in [-0.25, -0.2) is 0 Å². The minimum Gasteiger partial charge on any atom is -0.370 e. The molecule has 2 rings (SSSR count). The number of aromatic nitrogens is 2. The van der Waals surface area contributed by atoms with Crippen molar-refractivity contribution in [1.29, 1.82) is 0 Å². The normalized spacial score (nSPS) is 19.6. The van der Waals surface area contributed by atoms with Gasteiger partial charge in [0.2, 0.25) is 11.8 Å². The summed E-state index contributed by atoms with van der Waals surface area (Å²) in [7, 11) is 1.89. The van der Waals surface area contributed by atoms with Gasteiger partial charge in [0.1, 0.15) is 0 Å². The zero-order valence-electron chi connectivity index (χ0n) is 10.9. The molecule has 1 heterocycles. The number of hydrogen-bond donors (Lipinski definition) is 3. The second kappa shape index (κ2) is 5.40. The van der Waals surface area contributed by atoms with E-state index in [1.54, 1.807) is 6.20 Å². The minimum absolute atomic E-state index is 0.0797. The summed E-state index contributed by atoms with van der Waals surface area (Å²) in [6.45, 7) is 0. The molecule has 1 aliphatic carbocycles. The third-order valence-corrected chi connectivity index (χ3v) is 3.45. The van der Waals surface area contributed by atoms with Crippen molar-refractivity contribution in [1.82, 2.24) is 15.1 Å². The molecule has 2 amide bonds. The predicted molar refractivity (Wildman–Crippen MR) is 68.8 cm³/mol. The van der Waals surface area contributed by atoms with Gasteiger partial charge in [-0.2, -0.15) is 5.10 Å². The number of carbonyl (C=O) groups excluding carboxylic acids is 2. The fraction of sp³-hybridized carbons (Fsp3) is 0.583. The molecule has 0 radical (unpaired) electrons. The predicted octanol–water partition coefficient (Wildman–Crippen LogP) is -0.884. The fourth-order valence-corrected chi connectivity index (χ4v) is 2.44. The van der Waals surface area contributed by atoms with E-state index in [0.29, 0.717) is 0 Å². The van der Waals surface area contributed by atoms with Crippen LogP contribution in [0.4, 0.5) is 0 Å². The minimum atomic E-state index is -0.889. The fourth-order valence-electron chi connectivity index (χ4n) is 2.44. The van der Waals surface area contributed by atoms with Crippen molar-refractivity contribution >= 4 is 11.8 Å². The molecule has 2 atom stereocenters. The number of hydrogen-bond acceptors (Lipinski definition) is 4. The lowest BCUT2D eigenvalue weighted by molar-refractivity contribution is -0.126. The van der Waals surface area contributed by atoms with Gasteiger partial charge in [-0.1, -0.05) is 0 Å². The molecule has 5 N–H and O–H groups in total. The van der Waals surface area contributed by atoms with Crippen molar-refractivity contribution in [2.45, 2.75) is 37.8 Å². The Bertz CT molecular complexity index is 496. The Morgan fingerprint density at radius 1 is 1.63 bits per heavy atom. The first-order chi connectivity index (χ1) is 8.99. The molecule has 0 saturated carbocycles. The Morgan fingerprint density at radius 3 is 3.05 bits per heavy atom. The summed E-state index contributed by atoms with van der Waals surface area (Å²) in [6.07, 6.45) is 4.44. The highest BCUT2D eigenvalue weighted by molar-refractivity contribution is 5.87. The van der Waals surface area contributed by atoms with Gasteiger partial charge < -0.3 is 16.8 Å². The van der Waals surface area contributed by atoms with Crippen molar-refractivity contribution in [2.24, 2.45) is 18.5 Å². The lowest BCUT2D eigenvalue weighted by atomic mass is 9.92. The number of carbonyl (C=O) groups is 2. The Hall–Kier alpha value is -1.89. The van der Waals surface area contributed by atoms with Gasteiger partial charge in [-0.15, -0.1) is 0 Å². The van der Waals surface area contributed by atoms with Gasteiger partial charge in [0, 0.05) is 18.3 Å². The van der Waals surface area contributed by atoms with Crippen LogP contribution in [-0.2, 0) is 23.1 Å². The summed E-state index contributed by atoms with van der Waals surface area (Å²) in [5, 5.41) is 7.08. The summed E-state index contributed by atoms with van der Waals surface area (Å²) in [6, 6.07) is -0.969. The maximum absolute atomic E-state index is 11.9. The van der Waals surface area contributed by atoms with Crippen molar-refractivity contribution in [3.8, 4) is 0 Å². The van der Waals surface area contributed by atoms with Crippen LogP contribution in [0, 0.1) is 0 Å². The average molecular weight is 265 g/mol. The molecule has 0 spiro atoms. The van der Waals surface area contributed by atoms with E-state index in [9.17, 15) is 9.59 Å². The van der Waals surface area contributed by atoms with E-state index in [4.69, 9.17) is 11.5 Å². The van der Waals surface area contributed by atoms with E-state index in [2.05, 4.69) is 10.4 Å². The molecule has 104 valence electrons. The van der Waals surface area contributed by atoms with Gasteiger partial charge >= 0.3 is 0 Å². The van der Waals surface area contributed by atoms with Gasteiger partial charge in [-0.3, -0.25) is 14.3 Å². The number of fused-ring (bicyclic) bond motifs is 1. The largest absolute Gasteiger partial charge is 0.370 e. The van der Waals surface area contributed by atoms with Crippen molar-refractivity contribution in [3.05, 3.63) is 17.5 Å². The van der Waals surface area contributed by atoms with Crippen LogP contribution in [-0.4, -0.2) is 27.6 Å². The zero-order chi connectivity index (χ0) is 14.0. The van der Waals surface area contributed by atoms with Gasteiger partial charge in [0.25, 0.3) is 0 Å². The Balaban J connectivity index is 2.04. The van der Waals surface area contributed by atoms with Crippen LogP contribution in [0.1, 0.15) is 36.6 Å². The second-order valence-corrected chi connectivity index (χ2v) is 4.90. The molecular weight excluding hydrogens is 246 g/mol. The number of rotatable bonds is 4. The molecule has 0 aliphatic heterocycles. The number of primary amides is 1. The molecular formula is C12H19N5O2. The highest BCUT2D eigenvalue weighted by atomic mass is 16.2. The van der Waals surface area contributed by atoms with E-state index in [1.807, 2.05) is 11.7 Å². The van der Waals surface area contributed by atoms with Crippen LogP contribution in [0.3, 0.4) is 0 Å². The molecule has 19 heavy (non-hydrogen) atoms. The first-order valence-corrected chi connectivity index (χ1v) is 6.34. The Kier molecular flexibility index (Phi) is 3.84. The highest BCUT2D eigenvalue weighted by Crippen LogP contribution is 2.29. The number of nitrogens with zero attached hydrogens (tertiary/aromatic N) is 2. The molecule has 0 aromatic carbocycles. The van der Waals surface area contributed by atoms with Crippen molar-refractivity contribution < 1.29 is 9.59 Å². The lowest BCUT2D eigenvalue weighted by Crippen LogP contribution is -2.44. The molecule has 1 aliphatic rings. The van der Waals surface area contributed by atoms with Crippen LogP contribution in [0.2, 0.25) is 0 Å². The van der Waals surface area contributed by atoms with Crippen LogP contribution in [0.5, 0.6) is 0 Å². The van der Waals surface area contributed by atoms with E-state index in [-0.39, 0.29) is 18.4 Å². The van der Waals surface area contributed by atoms with Gasteiger partial charge in [-0.05, 0) is 19.3 Å². The zero-order valence-corrected chi connectivity index (χ0v) is 10.9. The average Bonchev–Trinajstić information content (AvgIpc) is 2.71. The summed E-state index contributed by atoms with van der Waals surface area (Å²) < 4.78 is 1.83. The van der Waals surface area contributed by atoms with Crippen LogP contribution in [0.15, 0.2) is 6.20 Å². The molecule has 0 bridgehead atoms. The summed E-state index contributed by atoms with van der Waals surface area (Å²) in [4.78, 5) is 22.6. The Morgan fingerprint density at radius 2 is 2.37 bits per heavy atom. The van der Waals surface area contributed by atoms with E-state index >= 15 is 0 Å². The van der Waals surface area contributed by atoms with Gasteiger partial charge in [0.15, 0.2) is 0 Å². The number of amides is 2. The third-order valence-electron chi connectivity index (χ3n) is 3.45. The first-order valence-electron chi connectivity index (χ1n) is 6.34. The molecule has 1 aromatic heterocycles. The number of nitrogens with one attached hydrogen (secondary N) is 1. The third kappa shape index (κ3) is 2.93. The maximum Gasteiger partial charge on any atom is 0.237 e. The molecule has 2 unspecified atom stereocenters. The SMILES string of the molecule is Cn1ncc2c1CCCC2NC(=O)C(N)CC(N)=O. The topological polar surface area (TPSA) is 116 Å². The highest BCUT2D eigenvalue weighted by Gasteiger charge is 2.26. The maximum atomic E-state index is 11.9. The first kappa shape index (κ1) is 13.5. The second-order valence-electron chi connectivity index (χ2n) is 4.90. The van der Waals surface area contributed by atoms with E-state index < -0.39 is 11.9 Å². The standard InChI is InChI=1S/C12H19N5O2/c1-17-10-4-2-3-9(7(10)6-15-17)16-12(19)8(13)5-11(14)18/h6,8-9H,2-5,13H2,1H3,(H2,14,18)(H,16,19). The lowest BCUT2D eigenvalue weighted by Gasteiger charge is -2.25. The quantitative estimate of drug-likeness (QED) is 0.655. The molecule has 7 nitrogen and oxygen atoms in total. The summed E-state index contributed by atoms with van der Waals surface area (Å²) in [5.41, 5.74) is 12.8. The van der Waals surface area contributed by atoms with E-state index in [1.165, 1.54) is 0 Å². The monoisotopic (exact) mass is 265 g/mol. The van der Waals surface area contributed by atoms with Crippen LogP contribution >= 0.6 is 0 Å². The van der Waals surface area contributed by atoms with Crippen molar-refractivity contribution in [2.75, 3.05) is 0 Å². The molecule has 0 fully saturated rings. The summed E-state index contributed by atoms with van der Waals surface area (Å²) in [5.74, 6) is -0.922. The van der Waals surface area contributed by atoms with Crippen LogP contribution in [0.25, 0.3) is 0 Å². The molecule has 1 aromatic rings.